The molecule has 0 aliphatic heterocycles. The average Bonchev–Trinajstić information content (AvgIpc) is 1.88. The second-order valence-electron chi connectivity index (χ2n) is 1.82. The summed E-state index contributed by atoms with van der Waals surface area (Å²) < 4.78 is 0. The Morgan fingerprint density at radius 1 is 1.33 bits per heavy atom. The molecule has 0 heterocycles. The fraction of sp³-hybridized carbons (Fsp3) is 0. The van der Waals surface area contributed by atoms with Crippen LogP contribution in [0.2, 0.25) is 0 Å². The molecule has 0 bridgehead atoms. The molecule has 0 aliphatic carbocycles. The second-order valence-corrected chi connectivity index (χ2v) is 2.30. The summed E-state index contributed by atoms with van der Waals surface area (Å²) in [7, 11) is 0. The number of carboxylic acid groups (broad SMARTS) is 1. The van der Waals surface area contributed by atoms with Crippen LogP contribution in [-0.4, -0.2) is 40.6 Å². The molecule has 12 heavy (non-hydrogen) atoms. The average molecular weight is 378 g/mol. The Balaban J connectivity index is 0. The van der Waals surface area contributed by atoms with Crippen molar-refractivity contribution in [3.05, 3.63) is 29.8 Å². The first-order valence-electron chi connectivity index (χ1n) is 2.73. The van der Waals surface area contributed by atoms with Crippen molar-refractivity contribution in [2.45, 2.75) is 4.90 Å². The normalized spacial score (nSPS) is 7.75. The molecule has 0 saturated heterocycles. The van der Waals surface area contributed by atoms with Gasteiger partial charge in [0.2, 0.25) is 0 Å². The summed E-state index contributed by atoms with van der Waals surface area (Å²) in [5.41, 5.74) is 0.242. The van der Waals surface area contributed by atoms with E-state index < -0.39 is 5.97 Å². The summed E-state index contributed by atoms with van der Waals surface area (Å²) in [5, 5.41) is 8.52. The molecular formula is C7H6HgNaO2S. The van der Waals surface area contributed by atoms with Crippen molar-refractivity contribution in [1.82, 2.24) is 0 Å². The molecule has 0 atom stereocenters. The fourth-order valence-corrected chi connectivity index (χ4v) is 0.911. The zero-order valence-electron chi connectivity index (χ0n) is 6.82. The Morgan fingerprint density at radius 2 is 1.83 bits per heavy atom. The zero-order chi connectivity index (χ0) is 7.56. The van der Waals surface area contributed by atoms with E-state index in [0.717, 1.165) is 0 Å². The van der Waals surface area contributed by atoms with E-state index in [9.17, 15) is 4.79 Å². The third-order valence-corrected chi connectivity index (χ3v) is 1.52. The van der Waals surface area contributed by atoms with Crippen LogP contribution in [0.5, 0.6) is 0 Å². The van der Waals surface area contributed by atoms with E-state index in [1.165, 1.54) is 6.07 Å². The van der Waals surface area contributed by atoms with Gasteiger partial charge >= 0.3 is 5.97 Å². The molecule has 0 fully saturated rings. The number of hydrogen-bond donors (Lipinski definition) is 2. The topological polar surface area (TPSA) is 37.3 Å². The van der Waals surface area contributed by atoms with Crippen LogP contribution in [0, 0.1) is 0 Å². The van der Waals surface area contributed by atoms with Crippen LogP contribution in [0.15, 0.2) is 29.2 Å². The SMILES string of the molecule is O=C(O)c1ccccc1S.[Hg].[Na]. The first-order chi connectivity index (χ1) is 4.72. The van der Waals surface area contributed by atoms with Gasteiger partial charge in [0.15, 0.2) is 0 Å². The van der Waals surface area contributed by atoms with Gasteiger partial charge in [-0.3, -0.25) is 0 Å². The van der Waals surface area contributed by atoms with Crippen LogP contribution in [0.1, 0.15) is 10.4 Å². The van der Waals surface area contributed by atoms with E-state index in [0.29, 0.717) is 4.90 Å². The summed E-state index contributed by atoms with van der Waals surface area (Å²) in [6.07, 6.45) is 0. The first-order valence-corrected chi connectivity index (χ1v) is 3.18. The van der Waals surface area contributed by atoms with Crippen LogP contribution in [0.25, 0.3) is 0 Å². The molecule has 0 aliphatic rings. The van der Waals surface area contributed by atoms with Crippen molar-refractivity contribution >= 4 is 48.2 Å². The molecular weight excluding hydrogens is 372 g/mol. The van der Waals surface area contributed by atoms with Gasteiger partial charge in [0, 0.05) is 62.1 Å². The van der Waals surface area contributed by atoms with Gasteiger partial charge in [-0.15, -0.1) is 12.6 Å². The number of carboxylic acids is 1. The van der Waals surface area contributed by atoms with E-state index in [-0.39, 0.29) is 62.8 Å². The van der Waals surface area contributed by atoms with Crippen molar-refractivity contribution < 1.29 is 37.6 Å². The van der Waals surface area contributed by atoms with Gasteiger partial charge in [0.05, 0.1) is 5.56 Å². The third kappa shape index (κ3) is 4.28. The number of thiol groups is 1. The maximum atomic E-state index is 10.4. The molecule has 55 valence electrons. The van der Waals surface area contributed by atoms with Gasteiger partial charge in [-0.2, -0.15) is 0 Å². The summed E-state index contributed by atoms with van der Waals surface area (Å²) in [6.45, 7) is 0. The Kier molecular flexibility index (Phi) is 9.51. The third-order valence-electron chi connectivity index (χ3n) is 1.13. The Labute approximate surface area is 119 Å². The predicted octanol–water partition coefficient (Wildman–Crippen LogP) is 1.29. The minimum absolute atomic E-state index is 0. The van der Waals surface area contributed by atoms with E-state index in [1.807, 2.05) is 0 Å². The quantitative estimate of drug-likeness (QED) is 0.572. The summed E-state index contributed by atoms with van der Waals surface area (Å²) in [4.78, 5) is 10.9. The van der Waals surface area contributed by atoms with Crippen LogP contribution in [0.3, 0.4) is 0 Å². The molecule has 0 unspecified atom stereocenters. The van der Waals surface area contributed by atoms with Crippen molar-refractivity contribution in [2.24, 2.45) is 0 Å². The van der Waals surface area contributed by atoms with Crippen molar-refractivity contribution in [3.63, 3.8) is 0 Å². The molecule has 0 saturated carbocycles. The molecule has 1 aromatic carbocycles. The Hall–Kier alpha value is 0.975. The van der Waals surface area contributed by atoms with Crippen molar-refractivity contribution in [3.8, 4) is 0 Å². The number of benzene rings is 1. The maximum absolute atomic E-state index is 10.4. The fourth-order valence-electron chi connectivity index (χ4n) is 0.654. The number of rotatable bonds is 1. The van der Waals surface area contributed by atoms with Gasteiger partial charge in [-0.25, -0.2) is 4.79 Å². The van der Waals surface area contributed by atoms with Gasteiger partial charge in [-0.1, -0.05) is 12.1 Å². The van der Waals surface area contributed by atoms with Gasteiger partial charge in [-0.05, 0) is 12.1 Å². The number of carbonyl (C=O) groups is 1. The van der Waals surface area contributed by atoms with E-state index in [2.05, 4.69) is 12.6 Å². The Morgan fingerprint density at radius 3 is 2.17 bits per heavy atom. The molecule has 1 rings (SSSR count). The van der Waals surface area contributed by atoms with Crippen LogP contribution < -0.4 is 0 Å². The minimum Gasteiger partial charge on any atom is -0.478 e. The van der Waals surface area contributed by atoms with Crippen LogP contribution >= 0.6 is 12.6 Å². The molecule has 0 aromatic heterocycles. The number of hydrogen-bond acceptors (Lipinski definition) is 2. The second kappa shape index (κ2) is 7.39. The van der Waals surface area contributed by atoms with Gasteiger partial charge < -0.3 is 5.11 Å². The summed E-state index contributed by atoms with van der Waals surface area (Å²) >= 11 is 3.96. The number of aromatic carboxylic acids is 1. The van der Waals surface area contributed by atoms with E-state index in [4.69, 9.17) is 5.11 Å². The zero-order valence-corrected chi connectivity index (χ0v) is 15.2. The molecule has 0 amide bonds. The van der Waals surface area contributed by atoms with Gasteiger partial charge in [0.1, 0.15) is 0 Å². The predicted molar refractivity (Wildman–Crippen MR) is 46.4 cm³/mol. The summed E-state index contributed by atoms with van der Waals surface area (Å²) in [6, 6.07) is 6.58. The van der Waals surface area contributed by atoms with Gasteiger partial charge in [0.25, 0.3) is 0 Å². The minimum atomic E-state index is -0.939. The monoisotopic (exact) mass is 379 g/mol. The standard InChI is InChI=1S/C7H6O2S.Hg.Na/c8-7(9)5-3-1-2-4-6(5)10;;/h1-4,10H,(H,8,9);;. The summed E-state index contributed by atoms with van der Waals surface area (Å²) in [5.74, 6) is -0.939. The van der Waals surface area contributed by atoms with E-state index in [1.54, 1.807) is 18.2 Å². The molecule has 1 radical (unpaired) electrons. The molecule has 1 N–H and O–H groups in total. The van der Waals surface area contributed by atoms with Crippen molar-refractivity contribution in [1.29, 1.82) is 0 Å². The Bertz CT molecular complexity index is 267. The molecule has 2 nitrogen and oxygen atoms in total. The van der Waals surface area contributed by atoms with Crippen LogP contribution in [-0.2, 0) is 27.7 Å². The van der Waals surface area contributed by atoms with Crippen molar-refractivity contribution in [2.75, 3.05) is 0 Å². The maximum Gasteiger partial charge on any atom is 0.336 e. The largest absolute Gasteiger partial charge is 0.478 e. The smallest absolute Gasteiger partial charge is 0.336 e. The molecule has 5 heteroatoms. The van der Waals surface area contributed by atoms with Crippen LogP contribution in [0.4, 0.5) is 0 Å². The van der Waals surface area contributed by atoms with E-state index >= 15 is 0 Å². The first kappa shape index (κ1) is 15.4. The molecule has 0 spiro atoms. The molecule has 1 aromatic rings.